The summed E-state index contributed by atoms with van der Waals surface area (Å²) in [6, 6.07) is 7.54. The van der Waals surface area contributed by atoms with Gasteiger partial charge in [-0.1, -0.05) is 12.1 Å². The number of nitrogens with two attached hydrogens (primary N) is 1. The average molecular weight is 328 g/mol. The zero-order chi connectivity index (χ0) is 15.8. The number of benzene rings is 1. The second kappa shape index (κ2) is 10.2. The smallest absolute Gasteiger partial charge is 0.253 e. The molecule has 0 aliphatic carbocycles. The third kappa shape index (κ3) is 7.43. The standard InChI is InChI=1S/C16H25N3O2.ClH/c1-12(17)7-8-15(20)18-10-9-13-5-4-6-14(11-13)16(21)19(2)3;/h4-6,11-12H,7-10,17H2,1-3H3,(H,18,20);1H. The molecule has 1 atom stereocenters. The zero-order valence-electron chi connectivity index (χ0n) is 13.5. The summed E-state index contributed by atoms with van der Waals surface area (Å²) in [4.78, 5) is 25.0. The molecule has 3 N–H and O–H groups in total. The molecule has 1 aromatic carbocycles. The van der Waals surface area contributed by atoms with Crippen LogP contribution in [-0.2, 0) is 11.2 Å². The van der Waals surface area contributed by atoms with Crippen molar-refractivity contribution in [1.29, 1.82) is 0 Å². The highest BCUT2D eigenvalue weighted by Crippen LogP contribution is 2.07. The Labute approximate surface area is 138 Å². The summed E-state index contributed by atoms with van der Waals surface area (Å²) in [7, 11) is 3.46. The Kier molecular flexibility index (Phi) is 9.45. The van der Waals surface area contributed by atoms with Crippen LogP contribution in [0.4, 0.5) is 0 Å². The fourth-order valence-electron chi connectivity index (χ4n) is 1.91. The van der Waals surface area contributed by atoms with E-state index < -0.39 is 0 Å². The van der Waals surface area contributed by atoms with Gasteiger partial charge in [0.15, 0.2) is 0 Å². The quantitative estimate of drug-likeness (QED) is 0.798. The largest absolute Gasteiger partial charge is 0.356 e. The van der Waals surface area contributed by atoms with Crippen LogP contribution < -0.4 is 11.1 Å². The van der Waals surface area contributed by atoms with Gasteiger partial charge in [-0.3, -0.25) is 9.59 Å². The van der Waals surface area contributed by atoms with Gasteiger partial charge in [-0.15, -0.1) is 12.4 Å². The minimum absolute atomic E-state index is 0. The van der Waals surface area contributed by atoms with Gasteiger partial charge in [0.25, 0.3) is 5.91 Å². The molecule has 0 spiro atoms. The van der Waals surface area contributed by atoms with Gasteiger partial charge in [-0.25, -0.2) is 0 Å². The van der Waals surface area contributed by atoms with Crippen molar-refractivity contribution < 1.29 is 9.59 Å². The van der Waals surface area contributed by atoms with Gasteiger partial charge in [0, 0.05) is 38.7 Å². The summed E-state index contributed by atoms with van der Waals surface area (Å²) in [6.07, 6.45) is 1.86. The Morgan fingerprint density at radius 2 is 2.00 bits per heavy atom. The number of nitrogens with zero attached hydrogens (tertiary/aromatic N) is 1. The maximum Gasteiger partial charge on any atom is 0.253 e. The molecule has 5 nitrogen and oxygen atoms in total. The first kappa shape index (κ1) is 20.4. The van der Waals surface area contributed by atoms with E-state index in [-0.39, 0.29) is 30.3 Å². The van der Waals surface area contributed by atoms with Crippen LogP contribution in [0.25, 0.3) is 0 Å². The van der Waals surface area contributed by atoms with E-state index in [1.807, 2.05) is 25.1 Å². The number of nitrogens with one attached hydrogen (secondary N) is 1. The number of hydrogen-bond donors (Lipinski definition) is 2. The van der Waals surface area contributed by atoms with Gasteiger partial charge < -0.3 is 16.0 Å². The molecule has 0 heterocycles. The van der Waals surface area contributed by atoms with Gasteiger partial charge in [-0.2, -0.15) is 0 Å². The van der Waals surface area contributed by atoms with E-state index in [1.54, 1.807) is 25.1 Å². The van der Waals surface area contributed by atoms with Gasteiger partial charge >= 0.3 is 0 Å². The van der Waals surface area contributed by atoms with E-state index in [2.05, 4.69) is 5.32 Å². The Bertz CT molecular complexity index is 490. The maximum atomic E-state index is 11.9. The molecule has 22 heavy (non-hydrogen) atoms. The first-order valence-electron chi connectivity index (χ1n) is 7.23. The fraction of sp³-hybridized carbons (Fsp3) is 0.500. The van der Waals surface area contributed by atoms with E-state index in [0.29, 0.717) is 31.4 Å². The average Bonchev–Trinajstić information content (AvgIpc) is 2.44. The Hall–Kier alpha value is -1.59. The molecule has 2 amide bonds. The lowest BCUT2D eigenvalue weighted by Crippen LogP contribution is -2.27. The lowest BCUT2D eigenvalue weighted by molar-refractivity contribution is -0.121. The molecular formula is C16H26ClN3O2. The first-order chi connectivity index (χ1) is 9.90. The van der Waals surface area contributed by atoms with Gasteiger partial charge in [0.2, 0.25) is 5.91 Å². The summed E-state index contributed by atoms with van der Waals surface area (Å²) in [6.45, 7) is 2.46. The van der Waals surface area contributed by atoms with Crippen molar-refractivity contribution in [3.05, 3.63) is 35.4 Å². The van der Waals surface area contributed by atoms with Crippen LogP contribution in [0.1, 0.15) is 35.7 Å². The highest BCUT2D eigenvalue weighted by Gasteiger charge is 2.08. The van der Waals surface area contributed by atoms with Crippen molar-refractivity contribution in [2.45, 2.75) is 32.2 Å². The number of rotatable bonds is 7. The Balaban J connectivity index is 0.00000441. The van der Waals surface area contributed by atoms with Crippen LogP contribution in [0.3, 0.4) is 0 Å². The molecule has 0 bridgehead atoms. The van der Waals surface area contributed by atoms with E-state index in [4.69, 9.17) is 5.73 Å². The lowest BCUT2D eigenvalue weighted by Gasteiger charge is -2.11. The number of carbonyl (C=O) groups excluding carboxylic acids is 2. The first-order valence-corrected chi connectivity index (χ1v) is 7.23. The van der Waals surface area contributed by atoms with Crippen molar-refractivity contribution in [3.8, 4) is 0 Å². The van der Waals surface area contributed by atoms with Gasteiger partial charge in [0.05, 0.1) is 0 Å². The minimum atomic E-state index is -0.0159. The molecule has 0 aliphatic rings. The van der Waals surface area contributed by atoms with Crippen LogP contribution in [-0.4, -0.2) is 43.4 Å². The van der Waals surface area contributed by atoms with Crippen LogP contribution in [0.2, 0.25) is 0 Å². The predicted octanol–water partition coefficient (Wildman–Crippen LogP) is 1.60. The predicted molar refractivity (Wildman–Crippen MR) is 91.3 cm³/mol. The summed E-state index contributed by atoms with van der Waals surface area (Å²) in [5.74, 6) is 0.00522. The normalized spacial score (nSPS) is 11.3. The highest BCUT2D eigenvalue weighted by atomic mass is 35.5. The Morgan fingerprint density at radius 1 is 1.32 bits per heavy atom. The van der Waals surface area contributed by atoms with Crippen molar-refractivity contribution in [2.75, 3.05) is 20.6 Å². The van der Waals surface area contributed by atoms with Crippen molar-refractivity contribution in [3.63, 3.8) is 0 Å². The van der Waals surface area contributed by atoms with Crippen LogP contribution >= 0.6 is 12.4 Å². The van der Waals surface area contributed by atoms with Crippen LogP contribution in [0.15, 0.2) is 24.3 Å². The molecule has 0 aromatic heterocycles. The van der Waals surface area contributed by atoms with Gasteiger partial charge in [0.1, 0.15) is 0 Å². The maximum absolute atomic E-state index is 11.9. The molecule has 0 aliphatic heterocycles. The molecule has 0 radical (unpaired) electrons. The summed E-state index contributed by atoms with van der Waals surface area (Å²) < 4.78 is 0. The molecule has 6 heteroatoms. The SMILES string of the molecule is CC(N)CCC(=O)NCCc1cccc(C(=O)N(C)C)c1.Cl. The van der Waals surface area contributed by atoms with E-state index >= 15 is 0 Å². The molecular weight excluding hydrogens is 302 g/mol. The number of amides is 2. The zero-order valence-corrected chi connectivity index (χ0v) is 14.3. The van der Waals surface area contributed by atoms with Gasteiger partial charge in [-0.05, 0) is 37.5 Å². The summed E-state index contributed by atoms with van der Waals surface area (Å²) >= 11 is 0. The molecule has 0 saturated carbocycles. The monoisotopic (exact) mass is 327 g/mol. The number of hydrogen-bond acceptors (Lipinski definition) is 3. The van der Waals surface area contributed by atoms with E-state index in [0.717, 1.165) is 5.56 Å². The number of carbonyl (C=O) groups is 2. The van der Waals surface area contributed by atoms with Crippen molar-refractivity contribution >= 4 is 24.2 Å². The second-order valence-corrected chi connectivity index (χ2v) is 5.52. The summed E-state index contributed by atoms with van der Waals surface area (Å²) in [5, 5.41) is 2.87. The third-order valence-corrected chi connectivity index (χ3v) is 3.14. The lowest BCUT2D eigenvalue weighted by atomic mass is 10.1. The van der Waals surface area contributed by atoms with Crippen molar-refractivity contribution in [1.82, 2.24) is 10.2 Å². The second-order valence-electron chi connectivity index (χ2n) is 5.52. The van der Waals surface area contributed by atoms with Crippen LogP contribution in [0.5, 0.6) is 0 Å². The molecule has 0 fully saturated rings. The molecule has 1 unspecified atom stereocenters. The molecule has 124 valence electrons. The molecule has 1 aromatic rings. The topological polar surface area (TPSA) is 75.4 Å². The molecule has 0 saturated heterocycles. The third-order valence-electron chi connectivity index (χ3n) is 3.14. The minimum Gasteiger partial charge on any atom is -0.356 e. The Morgan fingerprint density at radius 3 is 2.59 bits per heavy atom. The van der Waals surface area contributed by atoms with Crippen molar-refractivity contribution in [2.24, 2.45) is 5.73 Å². The highest BCUT2D eigenvalue weighted by molar-refractivity contribution is 5.94. The fourth-order valence-corrected chi connectivity index (χ4v) is 1.91. The summed E-state index contributed by atoms with van der Waals surface area (Å²) in [5.41, 5.74) is 7.32. The van der Waals surface area contributed by atoms with E-state index in [1.165, 1.54) is 0 Å². The van der Waals surface area contributed by atoms with Crippen LogP contribution in [0, 0.1) is 0 Å². The van der Waals surface area contributed by atoms with E-state index in [9.17, 15) is 9.59 Å². The number of halogens is 1. The molecule has 1 rings (SSSR count).